The maximum absolute atomic E-state index is 10.7. The second-order valence-corrected chi connectivity index (χ2v) is 11.2. The zero-order valence-corrected chi connectivity index (χ0v) is 19.2. The smallest absolute Gasteiger partial charge is 0.136 e. The average molecular weight is 430 g/mol. The predicted octanol–water partition coefficient (Wildman–Crippen LogP) is 3.51. The Labute approximate surface area is 185 Å². The SMILES string of the molecule is C[C@]12CC/C(=N/OCCn3cc(CN)nn3)CC1CCC1C2CC[C@@]2(C)C1CC[C@@H]2O. The van der Waals surface area contributed by atoms with Gasteiger partial charge in [0, 0.05) is 12.7 Å². The van der Waals surface area contributed by atoms with Gasteiger partial charge in [-0.1, -0.05) is 24.2 Å². The van der Waals surface area contributed by atoms with Gasteiger partial charge in [-0.25, -0.2) is 4.68 Å². The van der Waals surface area contributed by atoms with Crippen molar-refractivity contribution in [2.75, 3.05) is 6.61 Å². The second kappa shape index (κ2) is 8.14. The molecule has 4 aliphatic rings. The zero-order chi connectivity index (χ0) is 21.6. The fraction of sp³-hybridized carbons (Fsp3) is 0.875. The molecule has 3 N–H and O–H groups in total. The molecular formula is C24H39N5O2. The molecule has 7 heteroatoms. The quantitative estimate of drug-likeness (QED) is 0.551. The molecule has 1 heterocycles. The number of hydrogen-bond donors (Lipinski definition) is 2. The van der Waals surface area contributed by atoms with Crippen LogP contribution in [0.3, 0.4) is 0 Å². The van der Waals surface area contributed by atoms with Gasteiger partial charge in [0.1, 0.15) is 6.61 Å². The highest BCUT2D eigenvalue weighted by Crippen LogP contribution is 2.65. The third-order valence-electron chi connectivity index (χ3n) is 9.85. The normalized spacial score (nSPS) is 43.4. The van der Waals surface area contributed by atoms with Crippen LogP contribution in [-0.2, 0) is 17.9 Å². The maximum atomic E-state index is 10.7. The molecule has 172 valence electrons. The molecule has 0 aromatic carbocycles. The van der Waals surface area contributed by atoms with E-state index in [4.69, 9.17) is 10.6 Å². The van der Waals surface area contributed by atoms with Crippen LogP contribution >= 0.6 is 0 Å². The lowest BCUT2D eigenvalue weighted by molar-refractivity contribution is -0.112. The summed E-state index contributed by atoms with van der Waals surface area (Å²) < 4.78 is 1.76. The Morgan fingerprint density at radius 1 is 1.16 bits per heavy atom. The van der Waals surface area contributed by atoms with E-state index in [2.05, 4.69) is 29.3 Å². The largest absolute Gasteiger partial charge is 0.394 e. The molecule has 0 spiro atoms. The second-order valence-electron chi connectivity index (χ2n) is 11.2. The predicted molar refractivity (Wildman–Crippen MR) is 119 cm³/mol. The highest BCUT2D eigenvalue weighted by molar-refractivity contribution is 5.85. The van der Waals surface area contributed by atoms with Crippen LogP contribution in [0, 0.1) is 34.5 Å². The van der Waals surface area contributed by atoms with E-state index in [1.165, 1.54) is 44.2 Å². The van der Waals surface area contributed by atoms with Gasteiger partial charge in [-0.2, -0.15) is 0 Å². The number of aliphatic hydroxyl groups excluding tert-OH is 1. The minimum atomic E-state index is -0.0781. The van der Waals surface area contributed by atoms with Gasteiger partial charge in [-0.15, -0.1) is 5.10 Å². The molecule has 7 atom stereocenters. The first-order valence-corrected chi connectivity index (χ1v) is 12.4. The molecule has 4 fully saturated rings. The molecule has 7 nitrogen and oxygen atoms in total. The summed E-state index contributed by atoms with van der Waals surface area (Å²) in [4.78, 5) is 5.66. The Bertz CT molecular complexity index is 825. The third kappa shape index (κ3) is 3.62. The highest BCUT2D eigenvalue weighted by Gasteiger charge is 2.59. The van der Waals surface area contributed by atoms with Crippen molar-refractivity contribution < 1.29 is 9.94 Å². The first-order valence-electron chi connectivity index (χ1n) is 12.4. The maximum Gasteiger partial charge on any atom is 0.136 e. The van der Waals surface area contributed by atoms with Crippen molar-refractivity contribution in [2.24, 2.45) is 45.4 Å². The van der Waals surface area contributed by atoms with E-state index in [-0.39, 0.29) is 11.5 Å². The topological polar surface area (TPSA) is 98.6 Å². The standard InChI is InChI=1S/C24H39N5O2/c1-23-9-7-17(27-31-12-11-29-15-18(14-25)26-28-29)13-16(23)3-4-19-20-5-6-22(30)24(20,2)10-8-21(19)23/h15-16,19-22,30H,3-14,25H2,1-2H3/b27-17-/t16?,19?,20?,21?,22-,23-,24-/m0/s1. The van der Waals surface area contributed by atoms with Crippen LogP contribution in [-0.4, -0.2) is 38.5 Å². The lowest BCUT2D eigenvalue weighted by Crippen LogP contribution is -2.54. The first-order chi connectivity index (χ1) is 14.9. The van der Waals surface area contributed by atoms with Gasteiger partial charge in [-0.3, -0.25) is 0 Å². The number of aromatic nitrogens is 3. The summed E-state index contributed by atoms with van der Waals surface area (Å²) in [6.07, 6.45) is 12.6. The molecule has 1 aromatic heterocycles. The summed E-state index contributed by atoms with van der Waals surface area (Å²) in [7, 11) is 0. The van der Waals surface area contributed by atoms with Crippen molar-refractivity contribution in [3.05, 3.63) is 11.9 Å². The molecule has 4 saturated carbocycles. The zero-order valence-electron chi connectivity index (χ0n) is 19.2. The van der Waals surface area contributed by atoms with E-state index in [0.29, 0.717) is 25.1 Å². The summed E-state index contributed by atoms with van der Waals surface area (Å²) in [5.74, 6) is 3.09. The number of nitrogens with two attached hydrogens (primary N) is 1. The van der Waals surface area contributed by atoms with Gasteiger partial charge in [0.05, 0.1) is 24.1 Å². The third-order valence-corrected chi connectivity index (χ3v) is 9.85. The monoisotopic (exact) mass is 429 g/mol. The van der Waals surface area contributed by atoms with Gasteiger partial charge >= 0.3 is 0 Å². The van der Waals surface area contributed by atoms with E-state index < -0.39 is 0 Å². The fourth-order valence-corrected chi connectivity index (χ4v) is 7.93. The molecule has 0 aliphatic heterocycles. The van der Waals surface area contributed by atoms with Gasteiger partial charge in [0.15, 0.2) is 0 Å². The van der Waals surface area contributed by atoms with Crippen molar-refractivity contribution in [1.29, 1.82) is 0 Å². The number of aliphatic hydroxyl groups is 1. The Kier molecular flexibility index (Phi) is 5.62. The Morgan fingerprint density at radius 2 is 2.00 bits per heavy atom. The fourth-order valence-electron chi connectivity index (χ4n) is 7.93. The number of nitrogens with zero attached hydrogens (tertiary/aromatic N) is 4. The first kappa shape index (κ1) is 21.4. The van der Waals surface area contributed by atoms with Gasteiger partial charge in [-0.05, 0) is 92.3 Å². The van der Waals surface area contributed by atoms with E-state index in [1.54, 1.807) is 4.68 Å². The van der Waals surface area contributed by atoms with E-state index >= 15 is 0 Å². The summed E-state index contributed by atoms with van der Waals surface area (Å²) in [6.45, 7) is 6.50. The van der Waals surface area contributed by atoms with Gasteiger partial charge in [0.2, 0.25) is 0 Å². The average Bonchev–Trinajstić information content (AvgIpc) is 3.35. The van der Waals surface area contributed by atoms with Gasteiger partial charge in [0.25, 0.3) is 0 Å². The summed E-state index contributed by atoms with van der Waals surface area (Å²) in [5, 5.41) is 23.2. The number of oxime groups is 1. The van der Waals surface area contributed by atoms with Crippen LogP contribution < -0.4 is 5.73 Å². The number of hydrogen-bond acceptors (Lipinski definition) is 6. The van der Waals surface area contributed by atoms with Crippen LogP contribution in [0.1, 0.15) is 77.3 Å². The minimum Gasteiger partial charge on any atom is -0.394 e. The van der Waals surface area contributed by atoms with E-state index in [0.717, 1.165) is 48.6 Å². The highest BCUT2D eigenvalue weighted by atomic mass is 16.6. The van der Waals surface area contributed by atoms with Crippen molar-refractivity contribution in [3.8, 4) is 0 Å². The molecule has 1 aromatic rings. The molecule has 31 heavy (non-hydrogen) atoms. The summed E-state index contributed by atoms with van der Waals surface area (Å²) in [5.41, 5.74) is 8.21. The molecule has 4 aliphatic carbocycles. The molecule has 5 rings (SSSR count). The Hall–Kier alpha value is -1.47. The molecule has 4 unspecified atom stereocenters. The molecule has 0 radical (unpaired) electrons. The van der Waals surface area contributed by atoms with Crippen molar-refractivity contribution in [1.82, 2.24) is 15.0 Å². The Balaban J connectivity index is 1.19. The van der Waals surface area contributed by atoms with Crippen LogP contribution in [0.25, 0.3) is 0 Å². The molecule has 0 bridgehead atoms. The minimum absolute atomic E-state index is 0.0781. The van der Waals surface area contributed by atoms with Crippen LogP contribution in [0.4, 0.5) is 0 Å². The van der Waals surface area contributed by atoms with Crippen LogP contribution in [0.5, 0.6) is 0 Å². The number of rotatable bonds is 5. The van der Waals surface area contributed by atoms with Gasteiger partial charge < -0.3 is 15.7 Å². The number of fused-ring (bicyclic) bond motifs is 5. The van der Waals surface area contributed by atoms with Crippen molar-refractivity contribution in [3.63, 3.8) is 0 Å². The summed E-state index contributed by atoms with van der Waals surface area (Å²) >= 11 is 0. The van der Waals surface area contributed by atoms with Crippen LogP contribution in [0.2, 0.25) is 0 Å². The molecule has 0 amide bonds. The van der Waals surface area contributed by atoms with Crippen LogP contribution in [0.15, 0.2) is 11.4 Å². The molecular weight excluding hydrogens is 390 g/mol. The Morgan fingerprint density at radius 3 is 2.81 bits per heavy atom. The van der Waals surface area contributed by atoms with E-state index in [9.17, 15) is 5.11 Å². The van der Waals surface area contributed by atoms with Crippen molar-refractivity contribution in [2.45, 2.75) is 90.8 Å². The lowest BCUT2D eigenvalue weighted by atomic mass is 9.45. The van der Waals surface area contributed by atoms with Crippen molar-refractivity contribution >= 4 is 5.71 Å². The molecule has 0 saturated heterocycles. The van der Waals surface area contributed by atoms with E-state index in [1.807, 2.05) is 6.20 Å². The summed E-state index contributed by atoms with van der Waals surface area (Å²) in [6, 6.07) is 0. The lowest BCUT2D eigenvalue weighted by Gasteiger charge is -2.60.